The van der Waals surface area contributed by atoms with Gasteiger partial charge in [0.25, 0.3) is 11.4 Å². The summed E-state index contributed by atoms with van der Waals surface area (Å²) in [6.45, 7) is 0.828. The maximum absolute atomic E-state index is 10.6. The number of hydrogen-bond acceptors (Lipinski definition) is 12. The molecule has 2 heterocycles. The third-order valence-electron chi connectivity index (χ3n) is 4.99. The van der Waals surface area contributed by atoms with Crippen LogP contribution in [0.5, 0.6) is 0 Å². The SMILES string of the molecule is CN1C=CC(c2cccc([N+](=O)[O-])c2)=CC1.COS(=O)(=O)O.COS(=O)(=O)O.O=[N+]([O-])c1cccc(-c2ccncc2)c1. The van der Waals surface area contributed by atoms with Crippen molar-refractivity contribution in [2.75, 3.05) is 27.8 Å². The van der Waals surface area contributed by atoms with E-state index >= 15 is 0 Å². The molecule has 2 N–H and O–H groups in total. The van der Waals surface area contributed by atoms with Gasteiger partial charge in [-0.3, -0.25) is 42.7 Å². The molecule has 0 amide bonds. The van der Waals surface area contributed by atoms with Crippen molar-refractivity contribution < 1.29 is 44.2 Å². The largest absolute Gasteiger partial charge is 0.397 e. The Morgan fingerprint density at radius 1 is 0.791 bits per heavy atom. The zero-order chi connectivity index (χ0) is 32.6. The van der Waals surface area contributed by atoms with Crippen LogP contribution in [0.3, 0.4) is 0 Å². The summed E-state index contributed by atoms with van der Waals surface area (Å²) in [4.78, 5) is 26.4. The second kappa shape index (κ2) is 17.4. The van der Waals surface area contributed by atoms with Crippen molar-refractivity contribution in [3.8, 4) is 11.1 Å². The highest BCUT2D eigenvalue weighted by Crippen LogP contribution is 2.24. The van der Waals surface area contributed by atoms with Gasteiger partial charge in [0.2, 0.25) is 0 Å². The molecule has 232 valence electrons. The van der Waals surface area contributed by atoms with Gasteiger partial charge in [-0.2, -0.15) is 16.8 Å². The van der Waals surface area contributed by atoms with Crippen LogP contribution in [0.1, 0.15) is 5.56 Å². The van der Waals surface area contributed by atoms with Crippen LogP contribution in [-0.2, 0) is 29.2 Å². The molecule has 18 heteroatoms. The van der Waals surface area contributed by atoms with Crippen LogP contribution < -0.4 is 0 Å². The van der Waals surface area contributed by atoms with Gasteiger partial charge in [0.05, 0.1) is 24.1 Å². The van der Waals surface area contributed by atoms with Crippen LogP contribution >= 0.6 is 0 Å². The molecule has 0 saturated carbocycles. The average Bonchev–Trinajstić information content (AvgIpc) is 2.98. The smallest absolute Gasteiger partial charge is 0.377 e. The molecule has 0 unspecified atom stereocenters. The van der Waals surface area contributed by atoms with E-state index in [1.807, 2.05) is 48.5 Å². The molecule has 0 atom stereocenters. The Kier molecular flexibility index (Phi) is 14.7. The Morgan fingerprint density at radius 2 is 1.23 bits per heavy atom. The number of pyridine rings is 1. The second-order valence-electron chi connectivity index (χ2n) is 7.95. The van der Waals surface area contributed by atoms with E-state index in [0.29, 0.717) is 0 Å². The van der Waals surface area contributed by atoms with E-state index in [0.717, 1.165) is 43.0 Å². The summed E-state index contributed by atoms with van der Waals surface area (Å²) < 4.78 is 59.4. The summed E-state index contributed by atoms with van der Waals surface area (Å²) in [5, 5.41) is 21.2. The minimum absolute atomic E-state index is 0.101. The first-order valence-corrected chi connectivity index (χ1v) is 14.3. The van der Waals surface area contributed by atoms with E-state index in [9.17, 15) is 37.1 Å². The van der Waals surface area contributed by atoms with Gasteiger partial charge >= 0.3 is 20.8 Å². The van der Waals surface area contributed by atoms with E-state index in [1.54, 1.807) is 36.7 Å². The number of benzene rings is 2. The van der Waals surface area contributed by atoms with Crippen molar-refractivity contribution in [2.24, 2.45) is 0 Å². The zero-order valence-electron chi connectivity index (χ0n) is 22.9. The number of hydrogen-bond donors (Lipinski definition) is 2. The number of non-ortho nitro benzene ring substituents is 2. The molecular weight excluding hydrogens is 612 g/mol. The van der Waals surface area contributed by atoms with Crippen LogP contribution in [0.15, 0.2) is 91.4 Å². The fourth-order valence-electron chi connectivity index (χ4n) is 2.94. The molecule has 0 radical (unpaired) electrons. The number of nitrogens with zero attached hydrogens (tertiary/aromatic N) is 4. The van der Waals surface area contributed by atoms with Crippen molar-refractivity contribution in [3.05, 3.63) is 117 Å². The van der Waals surface area contributed by atoms with Crippen molar-refractivity contribution >= 4 is 37.7 Å². The number of likely N-dealkylation sites (N-methyl/N-ethyl adjacent to an activating group) is 1. The maximum atomic E-state index is 10.6. The standard InChI is InChI=1S/C12H12N2O2.C11H8N2O2.2CH4O4S/c1-13-7-5-10(6-8-13)11-3-2-4-12(9-11)14(15)16;14-13(15)11-3-1-2-10(8-11)9-4-6-12-7-5-9;2*1-5-6(2,3)4/h2-7,9H,8H2,1H3;1-8H;2*1H3,(H,2,3,4). The average molecular weight is 641 g/mol. The number of nitro benzene ring substituents is 2. The van der Waals surface area contributed by atoms with Gasteiger partial charge in [-0.25, -0.2) is 0 Å². The lowest BCUT2D eigenvalue weighted by Gasteiger charge is -2.17. The molecule has 4 rings (SSSR count). The summed E-state index contributed by atoms with van der Waals surface area (Å²) in [5.74, 6) is 0. The topological polar surface area (TPSA) is 230 Å². The minimum atomic E-state index is -4.16. The van der Waals surface area contributed by atoms with Gasteiger partial charge in [0.15, 0.2) is 0 Å². The van der Waals surface area contributed by atoms with Gasteiger partial charge in [0, 0.05) is 50.3 Å². The Morgan fingerprint density at radius 3 is 1.63 bits per heavy atom. The Bertz CT molecular complexity index is 1610. The molecular formula is C25H28N4O12S2. The Balaban J connectivity index is 0.000000316. The Labute approximate surface area is 247 Å². The number of rotatable bonds is 6. The van der Waals surface area contributed by atoms with Crippen LogP contribution in [-0.4, -0.2) is 73.5 Å². The molecule has 0 bridgehead atoms. The summed E-state index contributed by atoms with van der Waals surface area (Å²) in [7, 11) is -4.60. The molecule has 2 aromatic carbocycles. The van der Waals surface area contributed by atoms with Gasteiger partial charge < -0.3 is 4.90 Å². The molecule has 0 aliphatic carbocycles. The number of nitro groups is 2. The first kappa shape index (κ1) is 36.4. The Hall–Kier alpha value is -4.59. The molecule has 3 aromatic rings. The lowest BCUT2D eigenvalue weighted by Crippen LogP contribution is -2.13. The maximum Gasteiger partial charge on any atom is 0.397 e. The second-order valence-corrected chi connectivity index (χ2v) is 10.3. The first-order valence-electron chi connectivity index (χ1n) is 11.6. The summed E-state index contributed by atoms with van der Waals surface area (Å²) in [6, 6.07) is 16.9. The monoisotopic (exact) mass is 640 g/mol. The highest BCUT2D eigenvalue weighted by atomic mass is 32.3. The normalized spacial score (nSPS) is 12.2. The minimum Gasteiger partial charge on any atom is -0.377 e. The van der Waals surface area contributed by atoms with Gasteiger partial charge in [-0.05, 0) is 46.7 Å². The number of allylic oxidation sites excluding steroid dienone is 2. The molecule has 1 aromatic heterocycles. The van der Waals surface area contributed by atoms with Crippen LogP contribution in [0.4, 0.5) is 11.4 Å². The van der Waals surface area contributed by atoms with Crippen molar-refractivity contribution in [1.29, 1.82) is 0 Å². The fraction of sp³-hybridized carbons (Fsp3) is 0.160. The predicted molar refractivity (Wildman–Crippen MR) is 156 cm³/mol. The van der Waals surface area contributed by atoms with E-state index in [-0.39, 0.29) is 16.3 Å². The molecule has 0 spiro atoms. The lowest BCUT2D eigenvalue weighted by atomic mass is 10.0. The van der Waals surface area contributed by atoms with Gasteiger partial charge in [0.1, 0.15) is 0 Å². The van der Waals surface area contributed by atoms with E-state index < -0.39 is 25.7 Å². The first-order chi connectivity index (χ1) is 20.1. The van der Waals surface area contributed by atoms with Crippen LogP contribution in [0, 0.1) is 20.2 Å². The fourth-order valence-corrected chi connectivity index (χ4v) is 2.94. The molecule has 0 saturated heterocycles. The summed E-state index contributed by atoms with van der Waals surface area (Å²) in [5.41, 5.74) is 3.90. The summed E-state index contributed by atoms with van der Waals surface area (Å²) >= 11 is 0. The number of aromatic nitrogens is 1. The van der Waals surface area contributed by atoms with Gasteiger partial charge in [-0.15, -0.1) is 0 Å². The molecule has 1 aliphatic rings. The third kappa shape index (κ3) is 15.3. The van der Waals surface area contributed by atoms with Crippen molar-refractivity contribution in [1.82, 2.24) is 9.88 Å². The predicted octanol–water partition coefficient (Wildman–Crippen LogP) is 3.97. The van der Waals surface area contributed by atoms with Gasteiger partial charge in [-0.1, -0.05) is 30.3 Å². The van der Waals surface area contributed by atoms with Crippen LogP contribution in [0.2, 0.25) is 0 Å². The zero-order valence-corrected chi connectivity index (χ0v) is 24.6. The quantitative estimate of drug-likeness (QED) is 0.221. The van der Waals surface area contributed by atoms with Crippen LogP contribution in [0.25, 0.3) is 16.7 Å². The van der Waals surface area contributed by atoms with E-state index in [2.05, 4.69) is 19.4 Å². The van der Waals surface area contributed by atoms with Crippen molar-refractivity contribution in [3.63, 3.8) is 0 Å². The molecule has 43 heavy (non-hydrogen) atoms. The highest BCUT2D eigenvalue weighted by Gasteiger charge is 2.09. The molecule has 0 fully saturated rings. The van der Waals surface area contributed by atoms with Crippen molar-refractivity contribution in [2.45, 2.75) is 0 Å². The highest BCUT2D eigenvalue weighted by molar-refractivity contribution is 7.81. The van der Waals surface area contributed by atoms with E-state index in [1.165, 1.54) is 12.1 Å². The third-order valence-corrected chi connectivity index (χ3v) is 5.83. The molecule has 16 nitrogen and oxygen atoms in total. The molecule has 1 aliphatic heterocycles. The van der Waals surface area contributed by atoms with E-state index in [4.69, 9.17) is 9.11 Å². The lowest BCUT2D eigenvalue weighted by molar-refractivity contribution is -0.385. The summed E-state index contributed by atoms with van der Waals surface area (Å²) in [6.07, 6.45) is 9.30.